The first-order chi connectivity index (χ1) is 19.4. The van der Waals surface area contributed by atoms with E-state index in [9.17, 15) is 35.5 Å². The van der Waals surface area contributed by atoms with E-state index in [1.807, 2.05) is 0 Å². The van der Waals surface area contributed by atoms with Gasteiger partial charge in [0.05, 0.1) is 22.2 Å². The lowest BCUT2D eigenvalue weighted by atomic mass is 9.81. The fourth-order valence-electron chi connectivity index (χ4n) is 5.37. The molecule has 1 saturated carbocycles. The third kappa shape index (κ3) is 6.43. The molecule has 1 amide bonds. The molecule has 4 rings (SSSR count). The van der Waals surface area contributed by atoms with Crippen LogP contribution >= 0.6 is 11.6 Å². The van der Waals surface area contributed by atoms with Crippen molar-refractivity contribution in [3.05, 3.63) is 87.8 Å². The summed E-state index contributed by atoms with van der Waals surface area (Å²) < 4.78 is 95.5. The summed E-state index contributed by atoms with van der Waals surface area (Å²) in [6.45, 7) is 4.18. The van der Waals surface area contributed by atoms with Crippen LogP contribution in [0.3, 0.4) is 0 Å². The Bertz CT molecular complexity index is 1460. The summed E-state index contributed by atoms with van der Waals surface area (Å²) in [5, 5.41) is -0.0625. The molecule has 0 saturated heterocycles. The topological polar surface area (TPSA) is 33.2 Å². The molecule has 0 bridgehead atoms. The van der Waals surface area contributed by atoms with Crippen LogP contribution in [-0.2, 0) is 22.6 Å². The van der Waals surface area contributed by atoms with Crippen LogP contribution in [0.1, 0.15) is 73.4 Å². The van der Waals surface area contributed by atoms with Crippen LogP contribution in [-0.4, -0.2) is 17.9 Å². The van der Waals surface area contributed by atoms with Gasteiger partial charge in [0.25, 0.3) is 0 Å². The zero-order valence-corrected chi connectivity index (χ0v) is 24.1. The smallest absolute Gasteiger partial charge is 0.311 e. The number of hydrogen-bond acceptors (Lipinski definition) is 2. The first kappa shape index (κ1) is 31.8. The van der Waals surface area contributed by atoms with Crippen LogP contribution < -0.4 is 4.90 Å². The Kier molecular flexibility index (Phi) is 8.71. The molecule has 225 valence electrons. The number of aryl methyl sites for hydroxylation is 1. The number of halogens is 8. The van der Waals surface area contributed by atoms with Crippen molar-refractivity contribution in [2.75, 3.05) is 11.9 Å². The summed E-state index contributed by atoms with van der Waals surface area (Å²) in [5.74, 6) is -1.21. The molecule has 1 aromatic heterocycles. The lowest BCUT2D eigenvalue weighted by Crippen LogP contribution is -2.42. The number of likely N-dealkylation sites (N-methyl/N-ethyl adjacent to an activating group) is 1. The van der Waals surface area contributed by atoms with Gasteiger partial charge >= 0.3 is 12.4 Å². The Hall–Kier alpha value is -3.14. The Morgan fingerprint density at radius 3 is 1.95 bits per heavy atom. The maximum absolute atomic E-state index is 14.0. The van der Waals surface area contributed by atoms with E-state index in [0.29, 0.717) is 34.5 Å². The molecule has 2 aromatic carbocycles. The van der Waals surface area contributed by atoms with Crippen molar-refractivity contribution < 1.29 is 35.5 Å². The van der Waals surface area contributed by atoms with Crippen molar-refractivity contribution in [2.45, 2.75) is 70.1 Å². The minimum Gasteiger partial charge on any atom is -0.311 e. The molecule has 0 unspecified atom stereocenters. The van der Waals surface area contributed by atoms with Crippen LogP contribution in [0.2, 0.25) is 5.15 Å². The summed E-state index contributed by atoms with van der Waals surface area (Å²) in [6.07, 6.45) is -4.51. The number of carbonyl (C=O) groups is 1. The number of aromatic nitrogens is 1. The molecule has 42 heavy (non-hydrogen) atoms. The molecule has 1 heterocycles. The molecular weight excluding hydrogens is 585 g/mol. The third-order valence-electron chi connectivity index (χ3n) is 7.79. The number of benzene rings is 2. The Labute approximate surface area is 244 Å². The number of alkyl halides is 6. The Balaban J connectivity index is 1.86. The highest BCUT2D eigenvalue weighted by Gasteiger charge is 2.41. The zero-order valence-electron chi connectivity index (χ0n) is 23.4. The number of hydrogen-bond donors (Lipinski definition) is 0. The molecule has 3 aromatic rings. The van der Waals surface area contributed by atoms with Gasteiger partial charge in [-0.3, -0.25) is 4.79 Å². The number of rotatable bonds is 5. The molecule has 0 spiro atoms. The second-order valence-electron chi connectivity index (χ2n) is 11.1. The zero-order chi connectivity index (χ0) is 31.2. The predicted molar refractivity (Wildman–Crippen MR) is 148 cm³/mol. The van der Waals surface area contributed by atoms with Gasteiger partial charge in [-0.05, 0) is 106 Å². The molecule has 3 nitrogen and oxygen atoms in total. The van der Waals surface area contributed by atoms with Crippen molar-refractivity contribution in [1.29, 1.82) is 0 Å². The summed E-state index contributed by atoms with van der Waals surface area (Å²) >= 11 is 6.71. The fourth-order valence-corrected chi connectivity index (χ4v) is 5.70. The Morgan fingerprint density at radius 1 is 0.881 bits per heavy atom. The first-order valence-electron chi connectivity index (χ1n) is 13.3. The van der Waals surface area contributed by atoms with Gasteiger partial charge in [0.15, 0.2) is 5.15 Å². The highest BCUT2D eigenvalue weighted by Crippen LogP contribution is 2.44. The molecule has 11 heteroatoms. The molecule has 0 aliphatic heterocycles. The van der Waals surface area contributed by atoms with Gasteiger partial charge in [0.1, 0.15) is 5.82 Å². The summed E-state index contributed by atoms with van der Waals surface area (Å²) in [7, 11) is 1.34. The van der Waals surface area contributed by atoms with Gasteiger partial charge in [0.2, 0.25) is 5.91 Å². The van der Waals surface area contributed by atoms with E-state index in [2.05, 4.69) is 11.4 Å². The van der Waals surface area contributed by atoms with E-state index >= 15 is 0 Å². The SMILES string of the molecule is Cc1cc(F)ccc1-c1cc(C2CC[CH]CC2)nc(Cl)c1N(C)C(=O)C(C)(C)c1cc(C(F)(F)F)cc(C(F)(F)F)c1. The van der Waals surface area contributed by atoms with Crippen LogP contribution in [0.15, 0.2) is 42.5 Å². The fraction of sp³-hybridized carbons (Fsp3) is 0.387. The van der Waals surface area contributed by atoms with Gasteiger partial charge in [-0.25, -0.2) is 9.37 Å². The van der Waals surface area contributed by atoms with Crippen molar-refractivity contribution in [1.82, 2.24) is 4.98 Å². The first-order valence-corrected chi connectivity index (χ1v) is 13.7. The van der Waals surface area contributed by atoms with Crippen molar-refractivity contribution in [3.8, 4) is 11.1 Å². The number of carbonyl (C=O) groups excluding carboxylic acids is 1. The number of nitrogens with zero attached hydrogens (tertiary/aromatic N) is 2. The van der Waals surface area contributed by atoms with Crippen molar-refractivity contribution in [3.63, 3.8) is 0 Å². The number of amides is 1. The summed E-state index contributed by atoms with van der Waals surface area (Å²) in [6, 6.07) is 7.00. The lowest BCUT2D eigenvalue weighted by Gasteiger charge is -2.33. The molecule has 0 N–H and O–H groups in total. The van der Waals surface area contributed by atoms with E-state index in [0.717, 1.165) is 30.6 Å². The highest BCUT2D eigenvalue weighted by atomic mass is 35.5. The van der Waals surface area contributed by atoms with E-state index < -0.39 is 46.2 Å². The summed E-state index contributed by atoms with van der Waals surface area (Å²) in [4.78, 5) is 19.6. The van der Waals surface area contributed by atoms with Crippen molar-refractivity contribution >= 4 is 23.2 Å². The largest absolute Gasteiger partial charge is 0.416 e. The standard InChI is InChI=1S/C31H29ClF7N2O/c1-17-12-22(33)10-11-23(17)24-16-25(18-8-6-5-7-9-18)40-27(32)26(24)41(4)28(42)29(2,3)19-13-20(30(34,35)36)15-21(14-19)31(37,38)39/h5,10-16,18H,6-9H2,1-4H3. The molecule has 0 atom stereocenters. The van der Waals surface area contributed by atoms with E-state index in [1.165, 1.54) is 39.1 Å². The molecule has 1 radical (unpaired) electrons. The second-order valence-corrected chi connectivity index (χ2v) is 11.5. The predicted octanol–water partition coefficient (Wildman–Crippen LogP) is 9.69. The lowest BCUT2D eigenvalue weighted by molar-refractivity contribution is -0.143. The summed E-state index contributed by atoms with van der Waals surface area (Å²) in [5.41, 5.74) is -3.04. The average molecular weight is 614 g/mol. The number of anilines is 1. The van der Waals surface area contributed by atoms with Gasteiger partial charge in [-0.1, -0.05) is 17.7 Å². The van der Waals surface area contributed by atoms with Gasteiger partial charge < -0.3 is 4.90 Å². The molecule has 1 aliphatic carbocycles. The van der Waals surface area contributed by atoms with Crippen LogP contribution in [0.25, 0.3) is 11.1 Å². The van der Waals surface area contributed by atoms with E-state index in [-0.39, 0.29) is 22.8 Å². The maximum atomic E-state index is 14.0. The third-order valence-corrected chi connectivity index (χ3v) is 8.05. The van der Waals surface area contributed by atoms with Crippen LogP contribution in [0, 0.1) is 19.2 Å². The van der Waals surface area contributed by atoms with Crippen molar-refractivity contribution in [2.24, 2.45) is 0 Å². The second kappa shape index (κ2) is 11.5. The van der Waals surface area contributed by atoms with E-state index in [1.54, 1.807) is 13.0 Å². The van der Waals surface area contributed by atoms with Crippen LogP contribution in [0.5, 0.6) is 0 Å². The molecule has 1 aliphatic rings. The van der Waals surface area contributed by atoms with Crippen LogP contribution in [0.4, 0.5) is 36.4 Å². The molecule has 1 fully saturated rings. The highest BCUT2D eigenvalue weighted by molar-refractivity contribution is 6.33. The minimum atomic E-state index is -5.08. The average Bonchev–Trinajstić information content (AvgIpc) is 2.91. The quantitative estimate of drug-likeness (QED) is 0.212. The normalized spacial score (nSPS) is 15.1. The minimum absolute atomic E-state index is 0.0196. The van der Waals surface area contributed by atoms with Gasteiger partial charge in [-0.15, -0.1) is 0 Å². The monoisotopic (exact) mass is 613 g/mol. The maximum Gasteiger partial charge on any atom is 0.416 e. The molecular formula is C31H29ClF7N2O. The Morgan fingerprint density at radius 2 is 1.43 bits per heavy atom. The van der Waals surface area contributed by atoms with Gasteiger partial charge in [0, 0.05) is 24.2 Å². The van der Waals surface area contributed by atoms with Gasteiger partial charge in [-0.2, -0.15) is 26.3 Å². The van der Waals surface area contributed by atoms with E-state index in [4.69, 9.17) is 11.6 Å². The number of pyridine rings is 1.